The number of unbranched alkanes of at least 4 members (excludes halogenated alkanes) is 28. The molecule has 0 aliphatic heterocycles. The molecule has 0 bridgehead atoms. The fraction of sp³-hybridized carbons (Fsp3) is 0.671. The third kappa shape index (κ3) is 72.5. The van der Waals surface area contributed by atoms with E-state index >= 15 is 0 Å². The second-order valence-corrected chi connectivity index (χ2v) is 25.5. The topological polar surface area (TPSA) is 108 Å². The number of hydrogen-bond acceptors (Lipinski definition) is 7. The van der Waals surface area contributed by atoms with Gasteiger partial charge in [0.05, 0.1) is 34.4 Å². The number of carboxylic acids is 1. The highest BCUT2D eigenvalue weighted by molar-refractivity contribution is 5.71. The quantitative estimate of drug-likeness (QED) is 0.0211. The molecule has 0 saturated heterocycles. The second kappa shape index (κ2) is 71.0. The van der Waals surface area contributed by atoms with Crippen LogP contribution in [0.5, 0.6) is 0 Å². The molecule has 0 aromatic heterocycles. The van der Waals surface area contributed by atoms with Crippen LogP contribution in [0.25, 0.3) is 0 Å². The number of carbonyl (C=O) groups excluding carboxylic acids is 2. The SMILES string of the molecule is CC/C=C\C/C=C\C/C=C\C/C=C\C/C=C\C/C=C\C/C=C\CCCCCCCCCC(=O)OC(COC(=O)CCCCCCCCCCCCCCCCCCCCCCC/C=C\C/C=C\C/C=C\C/C=C\C/C=C\CC)COC(OCC[N+](C)(C)C)C(=O)O. The summed E-state index contributed by atoms with van der Waals surface area (Å²) >= 11 is 0. The summed E-state index contributed by atoms with van der Waals surface area (Å²) in [6, 6.07) is 0. The molecule has 0 radical (unpaired) electrons. The fourth-order valence-corrected chi connectivity index (χ4v) is 10.0. The maximum Gasteiger partial charge on any atom is 0.361 e. The van der Waals surface area contributed by atoms with Gasteiger partial charge in [0.15, 0.2) is 6.10 Å². The van der Waals surface area contributed by atoms with Crippen LogP contribution in [-0.4, -0.2) is 87.4 Å². The van der Waals surface area contributed by atoms with Gasteiger partial charge in [-0.25, -0.2) is 4.79 Å². The van der Waals surface area contributed by atoms with Crippen molar-refractivity contribution in [3.05, 3.63) is 146 Å². The Bertz CT molecular complexity index is 2010. The average Bonchev–Trinajstić information content (AvgIpc) is 3.66. The van der Waals surface area contributed by atoms with Crippen LogP contribution < -0.4 is 0 Å². The summed E-state index contributed by atoms with van der Waals surface area (Å²) in [5.41, 5.74) is 0. The predicted octanol–water partition coefficient (Wildman–Crippen LogP) is 23.5. The van der Waals surface area contributed by atoms with Crippen molar-refractivity contribution >= 4 is 17.9 Å². The van der Waals surface area contributed by atoms with E-state index in [1.165, 1.54) is 141 Å². The van der Waals surface area contributed by atoms with Crippen molar-refractivity contribution < 1.29 is 42.9 Å². The van der Waals surface area contributed by atoms with Crippen LogP contribution >= 0.6 is 0 Å². The molecule has 0 fully saturated rings. The van der Waals surface area contributed by atoms with Crippen molar-refractivity contribution in [3.63, 3.8) is 0 Å². The fourth-order valence-electron chi connectivity index (χ4n) is 10.0. The van der Waals surface area contributed by atoms with Gasteiger partial charge < -0.3 is 28.5 Å². The summed E-state index contributed by atoms with van der Waals surface area (Å²) in [6.45, 7) is 4.65. The van der Waals surface area contributed by atoms with E-state index in [0.717, 1.165) is 122 Å². The van der Waals surface area contributed by atoms with E-state index in [-0.39, 0.29) is 32.2 Å². The van der Waals surface area contributed by atoms with Gasteiger partial charge >= 0.3 is 17.9 Å². The molecule has 9 nitrogen and oxygen atoms in total. The van der Waals surface area contributed by atoms with Crippen LogP contribution in [0.2, 0.25) is 0 Å². The van der Waals surface area contributed by atoms with Crippen molar-refractivity contribution in [2.24, 2.45) is 0 Å². The molecule has 9 heteroatoms. The van der Waals surface area contributed by atoms with Crippen molar-refractivity contribution in [3.8, 4) is 0 Å². The molecule has 0 aromatic carbocycles. The first-order valence-corrected chi connectivity index (χ1v) is 37.0. The number of hydrogen-bond donors (Lipinski definition) is 1. The Morgan fingerprint density at radius 2 is 0.593 bits per heavy atom. The van der Waals surface area contributed by atoms with E-state index < -0.39 is 24.3 Å². The highest BCUT2D eigenvalue weighted by atomic mass is 16.7. The Kier molecular flexibility index (Phi) is 67.3. The molecule has 0 aliphatic carbocycles. The molecular formula is C82H138NO8+. The number of nitrogens with zero attached hydrogens (tertiary/aromatic N) is 1. The summed E-state index contributed by atoms with van der Waals surface area (Å²) in [7, 11) is 5.97. The van der Waals surface area contributed by atoms with Gasteiger partial charge in [-0.15, -0.1) is 0 Å². The van der Waals surface area contributed by atoms with E-state index in [4.69, 9.17) is 18.9 Å². The Morgan fingerprint density at radius 3 is 0.879 bits per heavy atom. The molecule has 0 spiro atoms. The molecule has 2 unspecified atom stereocenters. The van der Waals surface area contributed by atoms with Crippen molar-refractivity contribution in [2.75, 3.05) is 47.5 Å². The standard InChI is InChI=1S/C82H137NO8/c1-6-8-10-12-14-16-18-20-22-24-26-28-30-32-34-36-37-38-39-40-41-42-43-45-46-48-50-52-54-56-58-60-62-64-66-68-70-72-79(84)89-76-78(77-90-82(81(86)87)88-75-74-83(3,4)5)91-80(85)73-71-69-67-65-63-61-59-57-55-53-51-49-47-44-35-33-31-29-27-25-23-21-19-17-15-13-11-9-7-2/h8-11,14-17,20-23,26-29,32-35,47,49,53,55,78,82H,6-7,12-13,18-19,24-25,30-31,36-46,48,50-52,54,56-77H2,1-5H3/p+1/b10-8-,11-9-,16-14-,17-15-,22-20-,23-21-,28-26-,29-27-,34-32-,35-33-,49-47-,55-53-. The van der Waals surface area contributed by atoms with Gasteiger partial charge in [0.1, 0.15) is 13.2 Å². The lowest BCUT2D eigenvalue weighted by Gasteiger charge is -2.25. The largest absolute Gasteiger partial charge is 0.477 e. The van der Waals surface area contributed by atoms with E-state index in [1.54, 1.807) is 0 Å². The first kappa shape index (κ1) is 86.2. The van der Waals surface area contributed by atoms with Gasteiger partial charge in [-0.1, -0.05) is 314 Å². The number of allylic oxidation sites excluding steroid dienone is 24. The van der Waals surface area contributed by atoms with Gasteiger partial charge in [-0.2, -0.15) is 0 Å². The normalized spacial score (nSPS) is 13.5. The lowest BCUT2D eigenvalue weighted by atomic mass is 10.0. The molecule has 0 aromatic rings. The molecule has 0 amide bonds. The Hall–Kier alpha value is -4.83. The average molecular weight is 1270 g/mol. The number of esters is 2. The maximum atomic E-state index is 13.0. The van der Waals surface area contributed by atoms with Gasteiger partial charge in [-0.3, -0.25) is 9.59 Å². The predicted molar refractivity (Wildman–Crippen MR) is 391 cm³/mol. The number of carboxylic acid groups (broad SMARTS) is 1. The Labute approximate surface area is 560 Å². The number of rotatable bonds is 67. The van der Waals surface area contributed by atoms with E-state index in [9.17, 15) is 19.5 Å². The second-order valence-electron chi connectivity index (χ2n) is 25.5. The highest BCUT2D eigenvalue weighted by Gasteiger charge is 2.25. The number of likely N-dealkylation sites (N-methyl/N-ethyl adjacent to an activating group) is 1. The molecule has 91 heavy (non-hydrogen) atoms. The minimum Gasteiger partial charge on any atom is -0.477 e. The van der Waals surface area contributed by atoms with E-state index in [2.05, 4.69) is 160 Å². The summed E-state index contributed by atoms with van der Waals surface area (Å²) in [5.74, 6) is -2.02. The summed E-state index contributed by atoms with van der Waals surface area (Å²) in [6.07, 6.45) is 101. The number of quaternary nitrogens is 1. The molecular weight excluding hydrogens is 1130 g/mol. The molecule has 518 valence electrons. The van der Waals surface area contributed by atoms with E-state index in [0.29, 0.717) is 23.9 Å². The Morgan fingerprint density at radius 1 is 0.330 bits per heavy atom. The zero-order chi connectivity index (χ0) is 66.1. The van der Waals surface area contributed by atoms with Crippen LogP contribution in [0, 0.1) is 0 Å². The lowest BCUT2D eigenvalue weighted by molar-refractivity contribution is -0.870. The molecule has 2 atom stereocenters. The van der Waals surface area contributed by atoms with Gasteiger partial charge in [0, 0.05) is 12.8 Å². The van der Waals surface area contributed by atoms with Crippen LogP contribution in [-0.2, 0) is 33.3 Å². The van der Waals surface area contributed by atoms with Gasteiger partial charge in [0.2, 0.25) is 0 Å². The summed E-state index contributed by atoms with van der Waals surface area (Å²) in [5, 5.41) is 9.76. The summed E-state index contributed by atoms with van der Waals surface area (Å²) < 4.78 is 23.0. The van der Waals surface area contributed by atoms with Gasteiger partial charge in [-0.05, 0) is 116 Å². The Balaban J connectivity index is 4.10. The van der Waals surface area contributed by atoms with Gasteiger partial charge in [0.25, 0.3) is 6.29 Å². The number of ether oxygens (including phenoxy) is 4. The lowest BCUT2D eigenvalue weighted by Crippen LogP contribution is -2.40. The molecule has 0 saturated carbocycles. The smallest absolute Gasteiger partial charge is 0.361 e. The van der Waals surface area contributed by atoms with Crippen molar-refractivity contribution in [1.29, 1.82) is 0 Å². The minimum absolute atomic E-state index is 0.180. The van der Waals surface area contributed by atoms with Crippen LogP contribution in [0.3, 0.4) is 0 Å². The van der Waals surface area contributed by atoms with Crippen LogP contribution in [0.4, 0.5) is 0 Å². The highest BCUT2D eigenvalue weighted by Crippen LogP contribution is 2.17. The van der Waals surface area contributed by atoms with Crippen LogP contribution in [0.1, 0.15) is 296 Å². The zero-order valence-electron chi connectivity index (χ0n) is 59.2. The first-order chi connectivity index (χ1) is 44.6. The zero-order valence-corrected chi connectivity index (χ0v) is 59.2. The first-order valence-electron chi connectivity index (χ1n) is 37.0. The number of carbonyl (C=O) groups is 3. The molecule has 0 heterocycles. The third-order valence-electron chi connectivity index (χ3n) is 15.6. The third-order valence-corrected chi connectivity index (χ3v) is 15.6. The van der Waals surface area contributed by atoms with Crippen LogP contribution in [0.15, 0.2) is 146 Å². The minimum atomic E-state index is -1.52. The van der Waals surface area contributed by atoms with E-state index in [1.807, 2.05) is 21.1 Å². The summed E-state index contributed by atoms with van der Waals surface area (Å²) in [4.78, 5) is 37.7. The molecule has 0 rings (SSSR count). The number of aliphatic carboxylic acids is 1. The molecule has 1 N–H and O–H groups in total. The molecule has 0 aliphatic rings. The van der Waals surface area contributed by atoms with Crippen molar-refractivity contribution in [1.82, 2.24) is 0 Å². The van der Waals surface area contributed by atoms with Crippen molar-refractivity contribution in [2.45, 2.75) is 309 Å². The monoisotopic (exact) mass is 1270 g/mol. The maximum absolute atomic E-state index is 13.0.